The molecule has 0 aliphatic carbocycles. The molecule has 3 rings (SSSR count). The standard InChI is InChI=1S/C26H32F2O/c1-26(27,28)16-9-5-3-2-4-6-10-17-29-20-24-15-11-14-23-18-21-12-7-8-13-22(21)19-25(23)24/h7-8,11-15,18-19H,2-6,9-10,16-17,20H2,1H3. The van der Waals surface area contributed by atoms with Crippen LogP contribution in [0.25, 0.3) is 21.5 Å². The van der Waals surface area contributed by atoms with Crippen LogP contribution in [-0.2, 0) is 11.3 Å². The Hall–Kier alpha value is -2.00. The number of halogens is 2. The van der Waals surface area contributed by atoms with Crippen LogP contribution in [0, 0.1) is 0 Å². The molecule has 3 aromatic rings. The van der Waals surface area contributed by atoms with Gasteiger partial charge in [-0.3, -0.25) is 0 Å². The zero-order chi connectivity index (χ0) is 20.5. The van der Waals surface area contributed by atoms with Crippen molar-refractivity contribution in [3.63, 3.8) is 0 Å². The van der Waals surface area contributed by atoms with E-state index in [0.29, 0.717) is 13.0 Å². The van der Waals surface area contributed by atoms with Gasteiger partial charge in [0.2, 0.25) is 5.92 Å². The Balaban J connectivity index is 1.35. The van der Waals surface area contributed by atoms with Gasteiger partial charge in [-0.05, 0) is 59.0 Å². The van der Waals surface area contributed by atoms with Gasteiger partial charge in [-0.2, -0.15) is 0 Å². The fourth-order valence-electron chi connectivity index (χ4n) is 3.86. The second kappa shape index (κ2) is 10.7. The van der Waals surface area contributed by atoms with Gasteiger partial charge in [0.05, 0.1) is 6.61 Å². The lowest BCUT2D eigenvalue weighted by Gasteiger charge is -2.10. The number of rotatable bonds is 12. The average Bonchev–Trinajstić information content (AvgIpc) is 2.69. The molecule has 0 radical (unpaired) electrons. The third-order valence-corrected chi connectivity index (χ3v) is 5.50. The molecule has 3 heteroatoms. The van der Waals surface area contributed by atoms with E-state index in [1.807, 2.05) is 0 Å². The summed E-state index contributed by atoms with van der Waals surface area (Å²) in [5.41, 5.74) is 1.24. The molecule has 0 atom stereocenters. The quantitative estimate of drug-likeness (QED) is 0.220. The Kier molecular flexibility index (Phi) is 8.00. The minimum Gasteiger partial charge on any atom is -0.377 e. The number of hydrogen-bond acceptors (Lipinski definition) is 1. The predicted octanol–water partition coefficient (Wildman–Crippen LogP) is 8.29. The van der Waals surface area contributed by atoms with Gasteiger partial charge in [-0.25, -0.2) is 8.78 Å². The summed E-state index contributed by atoms with van der Waals surface area (Å²) in [6, 6.07) is 19.4. The smallest absolute Gasteiger partial charge is 0.245 e. The second-order valence-electron chi connectivity index (χ2n) is 8.19. The molecule has 0 aliphatic heterocycles. The highest BCUT2D eigenvalue weighted by molar-refractivity contribution is 5.99. The highest BCUT2D eigenvalue weighted by atomic mass is 19.3. The fraction of sp³-hybridized carbons (Fsp3) is 0.462. The van der Waals surface area contributed by atoms with E-state index in [2.05, 4.69) is 54.6 Å². The molecule has 0 amide bonds. The van der Waals surface area contributed by atoms with Crippen molar-refractivity contribution in [2.24, 2.45) is 0 Å². The third-order valence-electron chi connectivity index (χ3n) is 5.50. The molecule has 3 aromatic carbocycles. The van der Waals surface area contributed by atoms with Gasteiger partial charge in [-0.15, -0.1) is 0 Å². The van der Waals surface area contributed by atoms with E-state index < -0.39 is 5.92 Å². The molecule has 0 bridgehead atoms. The first-order valence-electron chi connectivity index (χ1n) is 10.9. The van der Waals surface area contributed by atoms with Crippen molar-refractivity contribution in [2.75, 3.05) is 6.61 Å². The molecule has 29 heavy (non-hydrogen) atoms. The van der Waals surface area contributed by atoms with E-state index in [1.165, 1.54) is 27.1 Å². The van der Waals surface area contributed by atoms with Gasteiger partial charge in [-0.1, -0.05) is 74.6 Å². The molecule has 0 spiro atoms. The maximum absolute atomic E-state index is 12.7. The summed E-state index contributed by atoms with van der Waals surface area (Å²) in [7, 11) is 0. The van der Waals surface area contributed by atoms with Gasteiger partial charge < -0.3 is 4.74 Å². The first kappa shape index (κ1) is 21.7. The maximum Gasteiger partial charge on any atom is 0.245 e. The van der Waals surface area contributed by atoms with Gasteiger partial charge in [0.25, 0.3) is 0 Å². The number of fused-ring (bicyclic) bond motifs is 2. The van der Waals surface area contributed by atoms with Crippen LogP contribution < -0.4 is 0 Å². The molecule has 0 N–H and O–H groups in total. The van der Waals surface area contributed by atoms with Crippen LogP contribution in [0.4, 0.5) is 8.78 Å². The maximum atomic E-state index is 12.7. The number of hydrogen-bond donors (Lipinski definition) is 0. The monoisotopic (exact) mass is 398 g/mol. The zero-order valence-electron chi connectivity index (χ0n) is 17.4. The lowest BCUT2D eigenvalue weighted by molar-refractivity contribution is 0.0103. The van der Waals surface area contributed by atoms with Gasteiger partial charge >= 0.3 is 0 Å². The molecule has 0 unspecified atom stereocenters. The molecule has 0 saturated carbocycles. The Bertz CT molecular complexity index is 898. The molecule has 0 saturated heterocycles. The van der Waals surface area contributed by atoms with Crippen molar-refractivity contribution in [3.8, 4) is 0 Å². The van der Waals surface area contributed by atoms with E-state index in [9.17, 15) is 8.78 Å². The van der Waals surface area contributed by atoms with Crippen molar-refractivity contribution < 1.29 is 13.5 Å². The summed E-state index contributed by atoms with van der Waals surface area (Å²) in [6.45, 7) is 2.42. The SMILES string of the molecule is CC(F)(F)CCCCCCCCCOCc1cccc2cc3ccccc3cc12. The van der Waals surface area contributed by atoms with Crippen LogP contribution in [-0.4, -0.2) is 12.5 Å². The van der Waals surface area contributed by atoms with Crippen LogP contribution in [0.2, 0.25) is 0 Å². The highest BCUT2D eigenvalue weighted by Gasteiger charge is 2.19. The lowest BCUT2D eigenvalue weighted by Crippen LogP contribution is -2.08. The molecular formula is C26H32F2O. The normalized spacial score (nSPS) is 12.1. The Morgan fingerprint density at radius 1 is 0.724 bits per heavy atom. The Morgan fingerprint density at radius 2 is 1.34 bits per heavy atom. The third kappa shape index (κ3) is 7.08. The molecule has 156 valence electrons. The molecular weight excluding hydrogens is 366 g/mol. The number of unbranched alkanes of at least 4 members (excludes halogenated alkanes) is 6. The van der Waals surface area contributed by atoms with Gasteiger partial charge in [0.15, 0.2) is 0 Å². The summed E-state index contributed by atoms with van der Waals surface area (Å²) < 4.78 is 31.4. The fourth-order valence-corrected chi connectivity index (χ4v) is 3.86. The van der Waals surface area contributed by atoms with E-state index in [-0.39, 0.29) is 6.42 Å². The van der Waals surface area contributed by atoms with Crippen molar-refractivity contribution >= 4 is 21.5 Å². The minimum atomic E-state index is -2.51. The predicted molar refractivity (Wildman–Crippen MR) is 119 cm³/mol. The van der Waals surface area contributed by atoms with Gasteiger partial charge in [0, 0.05) is 13.0 Å². The van der Waals surface area contributed by atoms with E-state index in [0.717, 1.165) is 52.1 Å². The summed E-state index contributed by atoms with van der Waals surface area (Å²) >= 11 is 0. The van der Waals surface area contributed by atoms with Crippen LogP contribution in [0.3, 0.4) is 0 Å². The highest BCUT2D eigenvalue weighted by Crippen LogP contribution is 2.26. The summed E-state index contributed by atoms with van der Waals surface area (Å²) in [5.74, 6) is -2.51. The van der Waals surface area contributed by atoms with Crippen molar-refractivity contribution in [1.29, 1.82) is 0 Å². The van der Waals surface area contributed by atoms with E-state index in [1.54, 1.807) is 0 Å². The first-order chi connectivity index (χ1) is 14.0. The Morgan fingerprint density at radius 3 is 2.07 bits per heavy atom. The van der Waals surface area contributed by atoms with E-state index in [4.69, 9.17) is 4.74 Å². The molecule has 0 fully saturated rings. The summed E-state index contributed by atoms with van der Waals surface area (Å²) in [4.78, 5) is 0. The van der Waals surface area contributed by atoms with Crippen molar-refractivity contribution in [2.45, 2.75) is 70.8 Å². The topological polar surface area (TPSA) is 9.23 Å². The first-order valence-corrected chi connectivity index (χ1v) is 10.9. The van der Waals surface area contributed by atoms with Crippen LogP contribution >= 0.6 is 0 Å². The number of ether oxygens (including phenoxy) is 1. The molecule has 1 nitrogen and oxygen atoms in total. The minimum absolute atomic E-state index is 0.0187. The van der Waals surface area contributed by atoms with E-state index >= 15 is 0 Å². The van der Waals surface area contributed by atoms with Crippen LogP contribution in [0.5, 0.6) is 0 Å². The Labute approximate surface area is 173 Å². The van der Waals surface area contributed by atoms with Crippen molar-refractivity contribution in [1.82, 2.24) is 0 Å². The summed E-state index contributed by atoms with van der Waals surface area (Å²) in [5, 5.41) is 5.05. The van der Waals surface area contributed by atoms with Crippen LogP contribution in [0.1, 0.15) is 63.9 Å². The number of alkyl halides is 2. The summed E-state index contributed by atoms with van der Waals surface area (Å²) in [6.07, 6.45) is 7.11. The van der Waals surface area contributed by atoms with Gasteiger partial charge in [0.1, 0.15) is 0 Å². The lowest BCUT2D eigenvalue weighted by atomic mass is 10.00. The van der Waals surface area contributed by atoms with Crippen LogP contribution in [0.15, 0.2) is 54.6 Å². The number of benzene rings is 3. The zero-order valence-corrected chi connectivity index (χ0v) is 17.4. The molecule has 0 aromatic heterocycles. The average molecular weight is 399 g/mol. The van der Waals surface area contributed by atoms with Crippen molar-refractivity contribution in [3.05, 3.63) is 60.2 Å². The molecule has 0 heterocycles. The largest absolute Gasteiger partial charge is 0.377 e. The second-order valence-corrected chi connectivity index (χ2v) is 8.19. The molecule has 0 aliphatic rings.